The number of imidazole rings is 1. The van der Waals surface area contributed by atoms with Gasteiger partial charge in [0.05, 0.1) is 11.3 Å². The second-order valence-corrected chi connectivity index (χ2v) is 8.24. The van der Waals surface area contributed by atoms with Crippen molar-refractivity contribution in [2.24, 2.45) is 0 Å². The maximum absolute atomic E-state index is 13.2. The Morgan fingerprint density at radius 2 is 1.97 bits per heavy atom. The van der Waals surface area contributed by atoms with E-state index in [2.05, 4.69) is 27.4 Å². The lowest BCUT2D eigenvalue weighted by Crippen LogP contribution is -2.28. The lowest BCUT2D eigenvalue weighted by Gasteiger charge is -2.18. The fourth-order valence-corrected chi connectivity index (χ4v) is 4.39. The lowest BCUT2D eigenvalue weighted by molar-refractivity contribution is 0.0989. The third kappa shape index (κ3) is 3.47. The predicted molar refractivity (Wildman–Crippen MR) is 131 cm³/mol. The Labute approximate surface area is 196 Å². The minimum absolute atomic E-state index is 0.0374. The summed E-state index contributed by atoms with van der Waals surface area (Å²) in [5.41, 5.74) is 7.00. The first-order valence-corrected chi connectivity index (χ1v) is 11.1. The highest BCUT2D eigenvalue weighted by atomic mass is 16.2. The number of benzene rings is 2. The van der Waals surface area contributed by atoms with E-state index in [9.17, 15) is 4.79 Å². The second kappa shape index (κ2) is 8.12. The van der Waals surface area contributed by atoms with E-state index < -0.39 is 0 Å². The molecule has 165 valence electrons. The molecule has 5 aromatic rings. The molecular formula is C27H21N6O. The van der Waals surface area contributed by atoms with Crippen molar-refractivity contribution in [1.29, 1.82) is 0 Å². The molecule has 1 aliphatic rings. The van der Waals surface area contributed by atoms with Crippen LogP contribution in [-0.2, 0) is 6.42 Å². The molecule has 1 radical (unpaired) electrons. The minimum atomic E-state index is -0.0374. The lowest BCUT2D eigenvalue weighted by atomic mass is 10.0. The Hall–Kier alpha value is -4.52. The highest BCUT2D eigenvalue weighted by molar-refractivity contribution is 6.07. The summed E-state index contributed by atoms with van der Waals surface area (Å²) in [6.07, 6.45) is 8.06. The van der Waals surface area contributed by atoms with Gasteiger partial charge in [0.15, 0.2) is 11.5 Å². The normalized spacial score (nSPS) is 12.7. The van der Waals surface area contributed by atoms with E-state index in [1.165, 1.54) is 0 Å². The second-order valence-electron chi connectivity index (χ2n) is 8.24. The zero-order valence-electron chi connectivity index (χ0n) is 18.6. The van der Waals surface area contributed by atoms with Crippen LogP contribution in [-0.4, -0.2) is 31.8 Å². The Morgan fingerprint density at radius 3 is 2.79 bits per heavy atom. The van der Waals surface area contributed by atoms with E-state index in [1.54, 1.807) is 12.4 Å². The van der Waals surface area contributed by atoms with Crippen LogP contribution in [0.15, 0.2) is 79.4 Å². The van der Waals surface area contributed by atoms with Crippen molar-refractivity contribution in [2.45, 2.75) is 13.3 Å². The number of pyridine rings is 1. The molecule has 0 saturated heterocycles. The molecule has 0 unspecified atom stereocenters. The molecule has 0 atom stereocenters. The van der Waals surface area contributed by atoms with Crippen molar-refractivity contribution in [1.82, 2.24) is 19.4 Å². The number of hydrogen-bond acceptors (Lipinski definition) is 5. The summed E-state index contributed by atoms with van der Waals surface area (Å²) in [6, 6.07) is 20.4. The Kier molecular flexibility index (Phi) is 4.80. The van der Waals surface area contributed by atoms with Gasteiger partial charge < -0.3 is 14.6 Å². The molecule has 1 aliphatic heterocycles. The third-order valence-electron chi connectivity index (χ3n) is 6.06. The van der Waals surface area contributed by atoms with Gasteiger partial charge in [-0.05, 0) is 55.3 Å². The van der Waals surface area contributed by atoms with Crippen molar-refractivity contribution in [3.8, 4) is 11.3 Å². The number of amides is 1. The number of fused-ring (bicyclic) bond motifs is 2. The molecule has 7 nitrogen and oxygen atoms in total. The molecule has 34 heavy (non-hydrogen) atoms. The quantitative estimate of drug-likeness (QED) is 0.428. The molecular weight excluding hydrogens is 424 g/mol. The topological polar surface area (TPSA) is 75.4 Å². The van der Waals surface area contributed by atoms with Crippen molar-refractivity contribution >= 4 is 28.7 Å². The molecule has 4 heterocycles. The highest BCUT2D eigenvalue weighted by Gasteiger charge is 2.28. The van der Waals surface area contributed by atoms with Gasteiger partial charge in [-0.1, -0.05) is 24.3 Å². The molecule has 2 aromatic carbocycles. The highest BCUT2D eigenvalue weighted by Crippen LogP contribution is 2.37. The van der Waals surface area contributed by atoms with Crippen LogP contribution in [0, 0.1) is 13.0 Å². The van der Waals surface area contributed by atoms with E-state index in [-0.39, 0.29) is 5.91 Å². The summed E-state index contributed by atoms with van der Waals surface area (Å²) in [7, 11) is 0. The molecule has 7 heteroatoms. The zero-order valence-corrected chi connectivity index (χ0v) is 18.6. The zero-order chi connectivity index (χ0) is 23.1. The third-order valence-corrected chi connectivity index (χ3v) is 6.06. The average Bonchev–Trinajstić information content (AvgIpc) is 3.52. The van der Waals surface area contributed by atoms with E-state index in [0.29, 0.717) is 17.9 Å². The maximum Gasteiger partial charge on any atom is 0.259 e. The van der Waals surface area contributed by atoms with Gasteiger partial charge in [-0.2, -0.15) is 0 Å². The van der Waals surface area contributed by atoms with Gasteiger partial charge in [0.25, 0.3) is 5.91 Å². The number of hydrogen-bond donors (Lipinski definition) is 1. The molecule has 0 spiro atoms. The van der Waals surface area contributed by atoms with E-state index in [0.717, 1.165) is 46.0 Å². The first kappa shape index (κ1) is 20.1. The van der Waals surface area contributed by atoms with Crippen LogP contribution in [0.3, 0.4) is 0 Å². The van der Waals surface area contributed by atoms with Gasteiger partial charge in [0, 0.05) is 54.0 Å². The molecule has 1 amide bonds. The molecule has 6 rings (SSSR count). The van der Waals surface area contributed by atoms with E-state index in [1.807, 2.05) is 77.1 Å². The van der Waals surface area contributed by atoms with Gasteiger partial charge in [0.2, 0.25) is 0 Å². The van der Waals surface area contributed by atoms with E-state index in [4.69, 9.17) is 4.98 Å². The van der Waals surface area contributed by atoms with Gasteiger partial charge >= 0.3 is 0 Å². The van der Waals surface area contributed by atoms with Crippen molar-refractivity contribution in [2.75, 3.05) is 16.8 Å². The molecule has 3 aromatic heterocycles. The number of aryl methyl sites for hydroxylation is 1. The summed E-state index contributed by atoms with van der Waals surface area (Å²) in [5.74, 6) is 0.632. The van der Waals surface area contributed by atoms with Crippen LogP contribution < -0.4 is 10.2 Å². The van der Waals surface area contributed by atoms with Crippen LogP contribution in [0.5, 0.6) is 0 Å². The van der Waals surface area contributed by atoms with Crippen LogP contribution in [0.25, 0.3) is 16.9 Å². The number of carbonyl (C=O) groups excluding carboxylic acids is 1. The number of carbonyl (C=O) groups is 1. The predicted octanol–water partition coefficient (Wildman–Crippen LogP) is 4.85. The Bertz CT molecular complexity index is 1510. The number of nitrogens with zero attached hydrogens (tertiary/aromatic N) is 5. The molecule has 0 saturated carbocycles. The van der Waals surface area contributed by atoms with Gasteiger partial charge in [-0.3, -0.25) is 9.78 Å². The summed E-state index contributed by atoms with van der Waals surface area (Å²) in [6.45, 7) is 2.53. The smallest absolute Gasteiger partial charge is 0.259 e. The summed E-state index contributed by atoms with van der Waals surface area (Å²) < 4.78 is 1.97. The molecule has 0 fully saturated rings. The Balaban J connectivity index is 1.40. The fourth-order valence-electron chi connectivity index (χ4n) is 4.39. The summed E-state index contributed by atoms with van der Waals surface area (Å²) in [5, 5.41) is 3.38. The SMILES string of the molecule is Cc1ccc(C(=O)N2CCc3c(-c4cn5ccnc5c(Nc5cc[c]cc5)n4)cccc32)cn1. The van der Waals surface area contributed by atoms with E-state index >= 15 is 0 Å². The first-order valence-electron chi connectivity index (χ1n) is 11.1. The van der Waals surface area contributed by atoms with Crippen molar-refractivity contribution < 1.29 is 4.79 Å². The number of aromatic nitrogens is 4. The number of nitrogens with one attached hydrogen (secondary N) is 1. The average molecular weight is 446 g/mol. The van der Waals surface area contributed by atoms with Crippen LogP contribution in [0.1, 0.15) is 21.6 Å². The number of anilines is 3. The van der Waals surface area contributed by atoms with Gasteiger partial charge in [-0.15, -0.1) is 0 Å². The first-order chi connectivity index (χ1) is 16.7. The summed E-state index contributed by atoms with van der Waals surface area (Å²) >= 11 is 0. The van der Waals surface area contributed by atoms with Crippen LogP contribution >= 0.6 is 0 Å². The fraction of sp³-hybridized carbons (Fsp3) is 0.111. The largest absolute Gasteiger partial charge is 0.337 e. The van der Waals surface area contributed by atoms with Crippen LogP contribution in [0.2, 0.25) is 0 Å². The standard InChI is InChI=1S/C27H21N6O/c1-18-10-11-19(16-29-18)27(34)33-14-12-22-21(8-5-9-24(22)33)23-17-32-15-13-28-26(32)25(31-23)30-20-6-3-2-4-7-20/h3-11,13,15-17H,12,14H2,1H3,(H,30,31). The van der Waals surface area contributed by atoms with Crippen molar-refractivity contribution in [3.05, 3.63) is 102 Å². The van der Waals surface area contributed by atoms with Crippen LogP contribution in [0.4, 0.5) is 17.2 Å². The van der Waals surface area contributed by atoms with Gasteiger partial charge in [-0.25, -0.2) is 9.97 Å². The Morgan fingerprint density at radius 1 is 1.09 bits per heavy atom. The molecule has 0 bridgehead atoms. The monoisotopic (exact) mass is 445 g/mol. The minimum Gasteiger partial charge on any atom is -0.337 e. The molecule has 1 N–H and O–H groups in total. The van der Waals surface area contributed by atoms with Crippen molar-refractivity contribution in [3.63, 3.8) is 0 Å². The van der Waals surface area contributed by atoms with Gasteiger partial charge in [0.1, 0.15) is 0 Å². The number of rotatable bonds is 4. The maximum atomic E-state index is 13.2. The summed E-state index contributed by atoms with van der Waals surface area (Å²) in [4.78, 5) is 28.7. The molecule has 0 aliphatic carbocycles.